The van der Waals surface area contributed by atoms with E-state index in [0.29, 0.717) is 23.5 Å². The number of ether oxygens (including phenoxy) is 1. The number of pyridine rings is 1. The Morgan fingerprint density at radius 1 is 1.29 bits per heavy atom. The zero-order chi connectivity index (χ0) is 19.9. The summed E-state index contributed by atoms with van der Waals surface area (Å²) in [5, 5.41) is 2.91. The van der Waals surface area contributed by atoms with Gasteiger partial charge in [-0.15, -0.1) is 0 Å². The molecule has 7 heteroatoms. The largest absolute Gasteiger partial charge is 0.436 e. The summed E-state index contributed by atoms with van der Waals surface area (Å²) in [7, 11) is 0. The average molecular weight is 400 g/mol. The van der Waals surface area contributed by atoms with Gasteiger partial charge < -0.3 is 10.1 Å². The quantitative estimate of drug-likeness (QED) is 0.684. The number of thioether (sulfide) groups is 1. The third-order valence-corrected chi connectivity index (χ3v) is 5.57. The highest BCUT2D eigenvalue weighted by molar-refractivity contribution is 7.99. The predicted octanol–water partition coefficient (Wildman–Crippen LogP) is 3.79. The number of hydrogen-bond donors (Lipinski definition) is 1. The summed E-state index contributed by atoms with van der Waals surface area (Å²) in [6.07, 6.45) is 3.65. The van der Waals surface area contributed by atoms with Crippen LogP contribution in [0.1, 0.15) is 35.7 Å². The monoisotopic (exact) mass is 399 g/mol. The molecule has 1 aromatic carbocycles. The van der Waals surface area contributed by atoms with Crippen LogP contribution >= 0.6 is 11.8 Å². The molecule has 3 rings (SSSR count). The van der Waals surface area contributed by atoms with E-state index in [2.05, 4.69) is 17.2 Å². The first-order valence-corrected chi connectivity index (χ1v) is 10.7. The molecule has 6 nitrogen and oxygen atoms in total. The van der Waals surface area contributed by atoms with E-state index in [1.807, 2.05) is 30.8 Å². The summed E-state index contributed by atoms with van der Waals surface area (Å²) in [5.41, 5.74) is 1.91. The molecule has 0 spiro atoms. The number of benzene rings is 1. The van der Waals surface area contributed by atoms with Gasteiger partial charge in [0, 0.05) is 12.7 Å². The van der Waals surface area contributed by atoms with Crippen molar-refractivity contribution in [1.29, 1.82) is 0 Å². The maximum Gasteiger partial charge on any atom is 0.264 e. The van der Waals surface area contributed by atoms with Crippen molar-refractivity contribution in [3.63, 3.8) is 0 Å². The third kappa shape index (κ3) is 4.84. The van der Waals surface area contributed by atoms with E-state index in [0.717, 1.165) is 29.9 Å². The lowest BCUT2D eigenvalue weighted by Gasteiger charge is -2.22. The Labute approximate surface area is 169 Å². The van der Waals surface area contributed by atoms with Gasteiger partial charge in [0.15, 0.2) is 5.75 Å². The topological polar surface area (TPSA) is 71.5 Å². The number of aromatic nitrogens is 1. The number of hydrogen-bond acceptors (Lipinski definition) is 5. The van der Waals surface area contributed by atoms with Crippen molar-refractivity contribution in [3.8, 4) is 11.6 Å². The third-order valence-electron chi connectivity index (χ3n) is 4.30. The molecule has 2 aromatic rings. The van der Waals surface area contributed by atoms with Gasteiger partial charge in [0.05, 0.1) is 5.69 Å². The molecule has 1 aromatic heterocycles. The van der Waals surface area contributed by atoms with Crippen molar-refractivity contribution in [2.75, 3.05) is 29.5 Å². The molecule has 28 heavy (non-hydrogen) atoms. The van der Waals surface area contributed by atoms with Gasteiger partial charge in [-0.1, -0.05) is 13.0 Å². The number of rotatable bonds is 8. The first kappa shape index (κ1) is 20.2. The van der Waals surface area contributed by atoms with E-state index >= 15 is 0 Å². The Balaban J connectivity index is 1.74. The summed E-state index contributed by atoms with van der Waals surface area (Å²) in [5.74, 6) is 2.45. The molecular weight excluding hydrogens is 374 g/mol. The smallest absolute Gasteiger partial charge is 0.264 e. The van der Waals surface area contributed by atoms with Gasteiger partial charge in [-0.05, 0) is 61.1 Å². The molecule has 1 N–H and O–H groups in total. The van der Waals surface area contributed by atoms with Crippen molar-refractivity contribution >= 4 is 29.3 Å². The molecule has 1 aliphatic heterocycles. The van der Waals surface area contributed by atoms with Crippen molar-refractivity contribution in [2.24, 2.45) is 0 Å². The van der Waals surface area contributed by atoms with Crippen molar-refractivity contribution in [2.45, 2.75) is 26.7 Å². The Hall–Kier alpha value is -2.54. The van der Waals surface area contributed by atoms with Crippen molar-refractivity contribution in [3.05, 3.63) is 47.7 Å². The normalized spacial score (nSPS) is 12.6. The van der Waals surface area contributed by atoms with Crippen LogP contribution in [0.5, 0.6) is 11.6 Å². The number of fused-ring (bicyclic) bond motifs is 2. The molecule has 0 saturated heterocycles. The highest BCUT2D eigenvalue weighted by Crippen LogP contribution is 2.38. The van der Waals surface area contributed by atoms with E-state index < -0.39 is 0 Å². The minimum Gasteiger partial charge on any atom is -0.436 e. The standard InChI is InChI=1S/C21H25N3O3S/c1-3-11-28-12-5-10-22-19(25)14-24-17-13-15(2)7-8-18(17)27-20-16(21(24)26)6-4-9-23-20/h4,6-9,13H,3,5,10-12,14H2,1-2H3,(H,22,25). The second-order valence-electron chi connectivity index (χ2n) is 6.64. The zero-order valence-electron chi connectivity index (χ0n) is 16.2. The van der Waals surface area contributed by atoms with Gasteiger partial charge in [0.25, 0.3) is 5.91 Å². The molecule has 0 fully saturated rings. The Morgan fingerprint density at radius 2 is 2.14 bits per heavy atom. The van der Waals surface area contributed by atoms with Crippen LogP contribution in [0.4, 0.5) is 5.69 Å². The number of carbonyl (C=O) groups excluding carboxylic acids is 2. The van der Waals surface area contributed by atoms with Gasteiger partial charge in [0.1, 0.15) is 12.1 Å². The minimum absolute atomic E-state index is 0.0604. The van der Waals surface area contributed by atoms with E-state index in [-0.39, 0.29) is 24.2 Å². The summed E-state index contributed by atoms with van der Waals surface area (Å²) in [6, 6.07) is 8.92. The fourth-order valence-corrected chi connectivity index (χ4v) is 3.76. The summed E-state index contributed by atoms with van der Waals surface area (Å²) in [4.78, 5) is 31.3. The van der Waals surface area contributed by atoms with Crippen LogP contribution in [0.25, 0.3) is 0 Å². The van der Waals surface area contributed by atoms with Crippen LogP contribution in [0, 0.1) is 6.92 Å². The first-order valence-electron chi connectivity index (χ1n) is 9.50. The maximum absolute atomic E-state index is 13.1. The second kappa shape index (κ2) is 9.59. The van der Waals surface area contributed by atoms with Gasteiger partial charge in [-0.3, -0.25) is 14.5 Å². The number of nitrogens with one attached hydrogen (secondary N) is 1. The predicted molar refractivity (Wildman–Crippen MR) is 112 cm³/mol. The lowest BCUT2D eigenvalue weighted by atomic mass is 10.1. The molecule has 0 atom stereocenters. The highest BCUT2D eigenvalue weighted by atomic mass is 32.2. The number of aryl methyl sites for hydroxylation is 1. The maximum atomic E-state index is 13.1. The number of amides is 2. The average Bonchev–Trinajstić information content (AvgIpc) is 2.80. The Morgan fingerprint density at radius 3 is 2.96 bits per heavy atom. The van der Waals surface area contributed by atoms with Gasteiger partial charge >= 0.3 is 0 Å². The molecule has 0 radical (unpaired) electrons. The Kier molecular flexibility index (Phi) is 6.92. The van der Waals surface area contributed by atoms with Crippen molar-refractivity contribution in [1.82, 2.24) is 10.3 Å². The summed E-state index contributed by atoms with van der Waals surface area (Å²) < 4.78 is 5.87. The number of carbonyl (C=O) groups is 2. The van der Waals surface area contributed by atoms with Crippen LogP contribution in [-0.2, 0) is 4.79 Å². The fraction of sp³-hybridized carbons (Fsp3) is 0.381. The molecule has 148 valence electrons. The fourth-order valence-electron chi connectivity index (χ4n) is 2.92. The number of anilines is 1. The van der Waals surface area contributed by atoms with Crippen molar-refractivity contribution < 1.29 is 14.3 Å². The lowest BCUT2D eigenvalue weighted by Crippen LogP contribution is -2.41. The molecule has 1 aliphatic rings. The van der Waals surface area contributed by atoms with E-state index in [1.54, 1.807) is 24.4 Å². The van der Waals surface area contributed by atoms with Gasteiger partial charge in [0.2, 0.25) is 11.8 Å². The van der Waals surface area contributed by atoms with Gasteiger partial charge in [-0.2, -0.15) is 11.8 Å². The van der Waals surface area contributed by atoms with Crippen LogP contribution in [0.2, 0.25) is 0 Å². The first-order chi connectivity index (χ1) is 13.6. The van der Waals surface area contributed by atoms with Gasteiger partial charge in [-0.25, -0.2) is 4.98 Å². The van der Waals surface area contributed by atoms with E-state index in [9.17, 15) is 9.59 Å². The van der Waals surface area contributed by atoms with Crippen LogP contribution in [-0.4, -0.2) is 41.4 Å². The summed E-state index contributed by atoms with van der Waals surface area (Å²) in [6.45, 7) is 4.64. The zero-order valence-corrected chi connectivity index (χ0v) is 17.1. The molecule has 0 saturated carbocycles. The summed E-state index contributed by atoms with van der Waals surface area (Å²) >= 11 is 1.89. The molecule has 2 heterocycles. The SMILES string of the molecule is CCCSCCCNC(=O)CN1C(=O)c2cccnc2Oc2ccc(C)cc21. The Bertz CT molecular complexity index is 857. The van der Waals surface area contributed by atoms with E-state index in [4.69, 9.17) is 4.74 Å². The molecule has 2 amide bonds. The molecule has 0 bridgehead atoms. The lowest BCUT2D eigenvalue weighted by molar-refractivity contribution is -0.119. The molecular formula is C21H25N3O3S. The minimum atomic E-state index is -0.291. The molecule has 0 aliphatic carbocycles. The van der Waals surface area contributed by atoms with E-state index in [1.165, 1.54) is 4.90 Å². The second-order valence-corrected chi connectivity index (χ2v) is 7.86. The van der Waals surface area contributed by atoms with Crippen LogP contribution in [0.15, 0.2) is 36.5 Å². The van der Waals surface area contributed by atoms with Crippen LogP contribution < -0.4 is 15.0 Å². The highest BCUT2D eigenvalue weighted by Gasteiger charge is 2.30. The van der Waals surface area contributed by atoms with Crippen LogP contribution in [0.3, 0.4) is 0 Å². The number of nitrogens with zero attached hydrogens (tertiary/aromatic N) is 2. The molecule has 0 unspecified atom stereocenters.